The van der Waals surface area contributed by atoms with E-state index in [1.807, 2.05) is 18.2 Å². The molecule has 0 radical (unpaired) electrons. The minimum absolute atomic E-state index is 0.188. The van der Waals surface area contributed by atoms with Crippen molar-refractivity contribution >= 4 is 29.1 Å². The molecule has 0 saturated carbocycles. The smallest absolute Gasteiger partial charge is 0.254 e. The average molecular weight is 330 g/mol. The number of carbonyl (C=O) groups excluding carboxylic acids is 1. The van der Waals surface area contributed by atoms with E-state index in [1.54, 1.807) is 6.07 Å². The molecule has 0 fully saturated rings. The highest BCUT2D eigenvalue weighted by Gasteiger charge is 2.15. The molecule has 110 valence electrons. The predicted octanol–water partition coefficient (Wildman–Crippen LogP) is 4.29. The van der Waals surface area contributed by atoms with Crippen molar-refractivity contribution in [3.05, 3.63) is 69.7 Å². The SMILES string of the molecule is O=C(NCc1cccc(CCl)c1)c1cc(F)c(Cl)cc1F. The summed E-state index contributed by atoms with van der Waals surface area (Å²) in [4.78, 5) is 11.9. The average Bonchev–Trinajstić information content (AvgIpc) is 2.48. The first kappa shape index (κ1) is 15.7. The van der Waals surface area contributed by atoms with Crippen molar-refractivity contribution in [2.75, 3.05) is 0 Å². The van der Waals surface area contributed by atoms with Crippen molar-refractivity contribution in [2.45, 2.75) is 12.4 Å². The maximum Gasteiger partial charge on any atom is 0.254 e. The summed E-state index contributed by atoms with van der Waals surface area (Å²) in [6.45, 7) is 0.188. The Morgan fingerprint density at radius 2 is 1.81 bits per heavy atom. The number of alkyl halides is 1. The monoisotopic (exact) mass is 329 g/mol. The lowest BCUT2D eigenvalue weighted by atomic mass is 10.1. The van der Waals surface area contributed by atoms with Gasteiger partial charge in [-0.2, -0.15) is 0 Å². The van der Waals surface area contributed by atoms with E-state index in [0.29, 0.717) is 5.88 Å². The second kappa shape index (κ2) is 6.87. The second-order valence-corrected chi connectivity index (χ2v) is 5.06. The molecular formula is C15H11Cl2F2NO. The zero-order valence-corrected chi connectivity index (χ0v) is 12.3. The van der Waals surface area contributed by atoms with E-state index in [9.17, 15) is 13.6 Å². The molecule has 2 aromatic rings. The zero-order valence-electron chi connectivity index (χ0n) is 10.8. The van der Waals surface area contributed by atoms with Crippen LogP contribution >= 0.6 is 23.2 Å². The molecule has 0 spiro atoms. The van der Waals surface area contributed by atoms with Gasteiger partial charge in [0.05, 0.1) is 10.6 Å². The van der Waals surface area contributed by atoms with Crippen molar-refractivity contribution in [2.24, 2.45) is 0 Å². The molecule has 0 bridgehead atoms. The molecule has 0 aliphatic heterocycles. The number of hydrogen-bond acceptors (Lipinski definition) is 1. The van der Waals surface area contributed by atoms with E-state index >= 15 is 0 Å². The predicted molar refractivity (Wildman–Crippen MR) is 78.5 cm³/mol. The van der Waals surface area contributed by atoms with Crippen LogP contribution < -0.4 is 5.32 Å². The molecule has 0 aliphatic carbocycles. The van der Waals surface area contributed by atoms with Crippen LogP contribution in [0.5, 0.6) is 0 Å². The van der Waals surface area contributed by atoms with Crippen LogP contribution in [0.25, 0.3) is 0 Å². The Labute approximate surface area is 130 Å². The number of carbonyl (C=O) groups is 1. The second-order valence-electron chi connectivity index (χ2n) is 4.38. The third kappa shape index (κ3) is 3.93. The van der Waals surface area contributed by atoms with Crippen molar-refractivity contribution in [3.8, 4) is 0 Å². The summed E-state index contributed by atoms with van der Waals surface area (Å²) in [5.74, 6) is -2.06. The van der Waals surface area contributed by atoms with Crippen molar-refractivity contribution < 1.29 is 13.6 Å². The van der Waals surface area contributed by atoms with Crippen LogP contribution in [0.2, 0.25) is 5.02 Å². The van der Waals surface area contributed by atoms with Crippen LogP contribution in [0.3, 0.4) is 0 Å². The quantitative estimate of drug-likeness (QED) is 0.658. The summed E-state index contributed by atoms with van der Waals surface area (Å²) < 4.78 is 26.9. The van der Waals surface area contributed by atoms with Gasteiger partial charge in [0.2, 0.25) is 0 Å². The summed E-state index contributed by atoms with van der Waals surface area (Å²) in [7, 11) is 0. The molecule has 0 heterocycles. The van der Waals surface area contributed by atoms with Crippen LogP contribution in [0.15, 0.2) is 36.4 Å². The van der Waals surface area contributed by atoms with Gasteiger partial charge in [0, 0.05) is 12.4 Å². The highest BCUT2D eigenvalue weighted by atomic mass is 35.5. The molecule has 6 heteroatoms. The zero-order chi connectivity index (χ0) is 15.4. The fourth-order valence-electron chi connectivity index (χ4n) is 1.80. The first-order valence-electron chi connectivity index (χ1n) is 6.08. The van der Waals surface area contributed by atoms with Crippen LogP contribution in [-0.4, -0.2) is 5.91 Å². The van der Waals surface area contributed by atoms with Gasteiger partial charge >= 0.3 is 0 Å². The molecular weight excluding hydrogens is 319 g/mol. The van der Waals surface area contributed by atoms with Crippen LogP contribution in [-0.2, 0) is 12.4 Å². The molecule has 0 saturated heterocycles. The Morgan fingerprint density at radius 1 is 1.10 bits per heavy atom. The molecule has 2 nitrogen and oxygen atoms in total. The van der Waals surface area contributed by atoms with Gasteiger partial charge in [-0.05, 0) is 23.3 Å². The Kier molecular flexibility index (Phi) is 5.15. The third-order valence-corrected chi connectivity index (χ3v) is 3.45. The Hall–Kier alpha value is -1.65. The maximum absolute atomic E-state index is 13.6. The van der Waals surface area contributed by atoms with Gasteiger partial charge in [-0.1, -0.05) is 35.9 Å². The molecule has 1 amide bonds. The van der Waals surface area contributed by atoms with Gasteiger partial charge in [-0.15, -0.1) is 11.6 Å². The topological polar surface area (TPSA) is 29.1 Å². The molecule has 0 atom stereocenters. The molecule has 0 aromatic heterocycles. The Morgan fingerprint density at radius 3 is 2.52 bits per heavy atom. The van der Waals surface area contributed by atoms with E-state index in [1.165, 1.54) is 0 Å². The third-order valence-electron chi connectivity index (χ3n) is 2.85. The molecule has 1 N–H and O–H groups in total. The van der Waals surface area contributed by atoms with Crippen molar-refractivity contribution in [1.29, 1.82) is 0 Å². The molecule has 0 aliphatic rings. The van der Waals surface area contributed by atoms with E-state index in [0.717, 1.165) is 23.3 Å². The van der Waals surface area contributed by atoms with Gasteiger partial charge in [-0.25, -0.2) is 8.78 Å². The van der Waals surface area contributed by atoms with Crippen molar-refractivity contribution in [1.82, 2.24) is 5.32 Å². The number of rotatable bonds is 4. The summed E-state index contributed by atoms with van der Waals surface area (Å²) >= 11 is 11.2. The van der Waals surface area contributed by atoms with Gasteiger partial charge < -0.3 is 5.32 Å². The number of halogens is 4. The highest BCUT2D eigenvalue weighted by Crippen LogP contribution is 2.19. The number of nitrogens with one attached hydrogen (secondary N) is 1. The first-order valence-corrected chi connectivity index (χ1v) is 6.99. The summed E-state index contributed by atoms with van der Waals surface area (Å²) in [5.41, 5.74) is 1.34. The van der Waals surface area contributed by atoms with Gasteiger partial charge in [0.25, 0.3) is 5.91 Å². The summed E-state index contributed by atoms with van der Waals surface area (Å²) in [6, 6.07) is 8.84. The number of benzene rings is 2. The lowest BCUT2D eigenvalue weighted by Gasteiger charge is -2.08. The lowest BCUT2D eigenvalue weighted by molar-refractivity contribution is 0.0946. The van der Waals surface area contributed by atoms with E-state index in [-0.39, 0.29) is 17.1 Å². The van der Waals surface area contributed by atoms with Crippen LogP contribution in [0.4, 0.5) is 8.78 Å². The fourth-order valence-corrected chi connectivity index (χ4v) is 2.11. The Bertz CT molecular complexity index is 677. The first-order chi connectivity index (χ1) is 10.0. The Balaban J connectivity index is 2.10. The molecule has 0 unspecified atom stereocenters. The van der Waals surface area contributed by atoms with Gasteiger partial charge in [0.1, 0.15) is 11.6 Å². The highest BCUT2D eigenvalue weighted by molar-refractivity contribution is 6.30. The van der Waals surface area contributed by atoms with Crippen LogP contribution in [0.1, 0.15) is 21.5 Å². The van der Waals surface area contributed by atoms with Crippen molar-refractivity contribution in [3.63, 3.8) is 0 Å². The van der Waals surface area contributed by atoms with Gasteiger partial charge in [0.15, 0.2) is 0 Å². The molecule has 2 aromatic carbocycles. The normalized spacial score (nSPS) is 10.5. The minimum atomic E-state index is -0.867. The van der Waals surface area contributed by atoms with Crippen LogP contribution in [0, 0.1) is 11.6 Å². The standard InChI is InChI=1S/C15H11Cl2F2NO/c16-7-9-2-1-3-10(4-9)8-20-15(21)11-5-14(19)12(17)6-13(11)18/h1-6H,7-8H2,(H,20,21). The molecule has 2 rings (SSSR count). The largest absolute Gasteiger partial charge is 0.348 e. The van der Waals surface area contributed by atoms with E-state index < -0.39 is 17.5 Å². The maximum atomic E-state index is 13.6. The number of hydrogen-bond donors (Lipinski definition) is 1. The lowest BCUT2D eigenvalue weighted by Crippen LogP contribution is -2.24. The van der Waals surface area contributed by atoms with E-state index in [4.69, 9.17) is 23.2 Å². The fraction of sp³-hybridized carbons (Fsp3) is 0.133. The van der Waals surface area contributed by atoms with Gasteiger partial charge in [-0.3, -0.25) is 4.79 Å². The summed E-state index contributed by atoms with van der Waals surface area (Å²) in [6.07, 6.45) is 0. The summed E-state index contributed by atoms with van der Waals surface area (Å²) in [5, 5.41) is 2.16. The van der Waals surface area contributed by atoms with E-state index in [2.05, 4.69) is 5.32 Å². The number of amides is 1. The minimum Gasteiger partial charge on any atom is -0.348 e. The molecule has 21 heavy (non-hydrogen) atoms.